The van der Waals surface area contributed by atoms with Gasteiger partial charge < -0.3 is 26.6 Å². The maximum atomic E-state index is 5.48. The van der Waals surface area contributed by atoms with Crippen molar-refractivity contribution in [3.63, 3.8) is 0 Å². The molecule has 0 spiro atoms. The highest BCUT2D eigenvalue weighted by atomic mass is 33.8. The van der Waals surface area contributed by atoms with Crippen LogP contribution in [-0.4, -0.2) is 70.0 Å². The second-order valence-electron chi connectivity index (χ2n) is 4.11. The van der Waals surface area contributed by atoms with E-state index in [0.717, 1.165) is 0 Å². The molecule has 0 radical (unpaired) electrons. The minimum absolute atomic E-state index is 0.133. The second-order valence-corrected chi connectivity index (χ2v) is 19.8. The fourth-order valence-electron chi connectivity index (χ4n) is 1.77. The molecule has 23 heavy (non-hydrogen) atoms. The predicted octanol–water partition coefficient (Wildman–Crippen LogP) is 3.92. The first-order valence-corrected chi connectivity index (χ1v) is 16.4. The van der Waals surface area contributed by atoms with Gasteiger partial charge in [-0.3, -0.25) is 0 Å². The van der Waals surface area contributed by atoms with Crippen LogP contribution >= 0.6 is 51.1 Å². The summed E-state index contributed by atoms with van der Waals surface area (Å²) in [6.45, 7) is 4.11. The lowest BCUT2D eigenvalue weighted by molar-refractivity contribution is 0.122. The van der Waals surface area contributed by atoms with E-state index in [4.69, 9.17) is 26.6 Å². The third kappa shape index (κ3) is 7.23. The van der Waals surface area contributed by atoms with Crippen molar-refractivity contribution in [1.82, 2.24) is 0 Å². The zero-order valence-electron chi connectivity index (χ0n) is 14.6. The quantitative estimate of drug-likeness (QED) is 0.216. The first kappa shape index (κ1) is 24.9. The van der Waals surface area contributed by atoms with Gasteiger partial charge in [0.1, 0.15) is 0 Å². The van der Waals surface area contributed by atoms with E-state index < -0.39 is 17.6 Å². The Balaban J connectivity index is 4.18. The van der Waals surface area contributed by atoms with Crippen LogP contribution in [0, 0.1) is 0 Å². The minimum atomic E-state index is -2.59. The van der Waals surface area contributed by atoms with E-state index >= 15 is 0 Å². The molecule has 0 aromatic heterocycles. The number of hydrogen-bond donors (Lipinski definition) is 0. The zero-order chi connectivity index (χ0) is 17.9. The summed E-state index contributed by atoms with van der Waals surface area (Å²) >= 11 is 0. The molecule has 6 nitrogen and oxygen atoms in total. The van der Waals surface area contributed by atoms with Gasteiger partial charge in [-0.1, -0.05) is 21.6 Å². The summed E-state index contributed by atoms with van der Waals surface area (Å²) in [5, 5.41) is 0. The molecule has 0 rings (SSSR count). The van der Waals surface area contributed by atoms with Crippen LogP contribution in [0.2, 0.25) is 0 Å². The van der Waals surface area contributed by atoms with Gasteiger partial charge in [-0.05, 0) is 43.3 Å². The van der Waals surface area contributed by atoms with Crippen LogP contribution in [0.3, 0.4) is 0 Å². The summed E-state index contributed by atoms with van der Waals surface area (Å²) in [6.07, 6.45) is 0. The Hall–Kier alpha value is 1.94. The Kier molecular flexibility index (Phi) is 14.3. The van der Waals surface area contributed by atoms with Crippen molar-refractivity contribution in [2.75, 3.05) is 42.7 Å². The van der Waals surface area contributed by atoms with E-state index in [1.54, 1.807) is 93.7 Å². The molecule has 0 N–H and O–H groups in total. The van der Waals surface area contributed by atoms with Crippen molar-refractivity contribution in [3.8, 4) is 0 Å². The topological polar surface area (TPSA) is 55.4 Å². The van der Waals surface area contributed by atoms with E-state index in [-0.39, 0.29) is 9.75 Å². The summed E-state index contributed by atoms with van der Waals surface area (Å²) in [7, 11) is 13.0. The highest BCUT2D eigenvalue weighted by molar-refractivity contribution is 9.35. The van der Waals surface area contributed by atoms with Crippen LogP contribution in [0.4, 0.5) is 0 Å². The smallest absolute Gasteiger partial charge is 0.376 e. The van der Waals surface area contributed by atoms with Crippen molar-refractivity contribution in [1.29, 1.82) is 0 Å². The van der Waals surface area contributed by atoms with Gasteiger partial charge in [0, 0.05) is 42.7 Å². The SMILES string of the molecule is CO[Si](OC)(OC)C(C)SSSSSC(C)[Si](OC)(OC)OC. The molecule has 0 fully saturated rings. The van der Waals surface area contributed by atoms with Crippen molar-refractivity contribution in [2.24, 2.45) is 0 Å². The molecule has 0 aliphatic rings. The molecule has 2 atom stereocenters. The Labute approximate surface area is 160 Å². The molecular weight excluding hydrogens is 433 g/mol. The minimum Gasteiger partial charge on any atom is -0.376 e. The molecule has 0 saturated heterocycles. The lowest BCUT2D eigenvalue weighted by atomic mass is 11.0. The molecule has 0 heterocycles. The highest BCUT2D eigenvalue weighted by Crippen LogP contribution is 2.52. The molecule has 0 aliphatic carbocycles. The van der Waals surface area contributed by atoms with Crippen LogP contribution in [-0.2, 0) is 26.6 Å². The zero-order valence-corrected chi connectivity index (χ0v) is 20.7. The van der Waals surface area contributed by atoms with Crippen molar-refractivity contribution in [2.45, 2.75) is 23.6 Å². The summed E-state index contributed by atoms with van der Waals surface area (Å²) in [5.74, 6) is 0. The molecule has 13 heteroatoms. The lowest BCUT2D eigenvalue weighted by Crippen LogP contribution is -2.51. The van der Waals surface area contributed by atoms with E-state index in [1.807, 2.05) is 0 Å². The Morgan fingerprint density at radius 1 is 0.522 bits per heavy atom. The van der Waals surface area contributed by atoms with Gasteiger partial charge in [0.05, 0.1) is 9.75 Å². The standard InChI is InChI=1S/C10H26O6S5Si2/c1-9(22(11-3,12-4)13-5)17-19-21-20-18-10(2)23(14-6,15-7)16-8/h9-10H,1-8H3. The van der Waals surface area contributed by atoms with Crippen LogP contribution in [0.25, 0.3) is 0 Å². The van der Waals surface area contributed by atoms with Gasteiger partial charge in [0.15, 0.2) is 0 Å². The van der Waals surface area contributed by atoms with Gasteiger partial charge in [0.25, 0.3) is 0 Å². The first-order chi connectivity index (χ1) is 10.9. The monoisotopic (exact) mass is 458 g/mol. The molecule has 2 unspecified atom stereocenters. The summed E-state index contributed by atoms with van der Waals surface area (Å²) in [6, 6.07) is 0. The van der Waals surface area contributed by atoms with E-state index in [1.165, 1.54) is 0 Å². The average molecular weight is 459 g/mol. The Bertz CT molecular complexity index is 267. The maximum absolute atomic E-state index is 5.48. The molecule has 0 bridgehead atoms. The fraction of sp³-hybridized carbons (Fsp3) is 1.00. The Morgan fingerprint density at radius 3 is 1.00 bits per heavy atom. The molecule has 0 aromatic carbocycles. The molecule has 140 valence electrons. The predicted molar refractivity (Wildman–Crippen MR) is 110 cm³/mol. The number of hydrogen-bond acceptors (Lipinski definition) is 11. The van der Waals surface area contributed by atoms with Gasteiger partial charge in [-0.25, -0.2) is 0 Å². The summed E-state index contributed by atoms with van der Waals surface area (Å²) in [5.41, 5.74) is 0. The van der Waals surface area contributed by atoms with Crippen LogP contribution in [0.5, 0.6) is 0 Å². The summed E-state index contributed by atoms with van der Waals surface area (Å²) in [4.78, 5) is 0.266. The lowest BCUT2D eigenvalue weighted by Gasteiger charge is -2.29. The molecular formula is C10H26O6S5Si2. The van der Waals surface area contributed by atoms with Gasteiger partial charge in [-0.15, -0.1) is 0 Å². The van der Waals surface area contributed by atoms with E-state index in [2.05, 4.69) is 13.8 Å². The average Bonchev–Trinajstić information content (AvgIpc) is 2.58. The van der Waals surface area contributed by atoms with Gasteiger partial charge in [-0.2, -0.15) is 0 Å². The van der Waals surface area contributed by atoms with Crippen LogP contribution < -0.4 is 0 Å². The van der Waals surface area contributed by atoms with Crippen molar-refractivity contribution >= 4 is 68.7 Å². The number of rotatable bonds is 14. The summed E-state index contributed by atoms with van der Waals surface area (Å²) < 4.78 is 32.9. The maximum Gasteiger partial charge on any atom is 0.514 e. The first-order valence-electron chi connectivity index (χ1n) is 6.54. The van der Waals surface area contributed by atoms with Crippen LogP contribution in [0.15, 0.2) is 0 Å². The third-order valence-corrected chi connectivity index (χ3v) is 20.8. The molecule has 0 aromatic rings. The van der Waals surface area contributed by atoms with Gasteiger partial charge >= 0.3 is 17.6 Å². The highest BCUT2D eigenvalue weighted by Gasteiger charge is 2.46. The molecule has 0 aliphatic heterocycles. The molecule has 0 saturated carbocycles. The Morgan fingerprint density at radius 2 is 0.783 bits per heavy atom. The van der Waals surface area contributed by atoms with Crippen LogP contribution in [0.1, 0.15) is 13.8 Å². The molecule has 0 amide bonds. The van der Waals surface area contributed by atoms with E-state index in [9.17, 15) is 0 Å². The fourth-order valence-corrected chi connectivity index (χ4v) is 20.1. The van der Waals surface area contributed by atoms with E-state index in [0.29, 0.717) is 0 Å². The van der Waals surface area contributed by atoms with Crippen molar-refractivity contribution in [3.05, 3.63) is 0 Å². The van der Waals surface area contributed by atoms with Crippen molar-refractivity contribution < 1.29 is 26.6 Å². The van der Waals surface area contributed by atoms with Gasteiger partial charge in [0.2, 0.25) is 0 Å². The second kappa shape index (κ2) is 13.2. The normalized spacial score (nSPS) is 15.7. The largest absolute Gasteiger partial charge is 0.514 e. The third-order valence-electron chi connectivity index (χ3n) is 3.13.